The number of halogens is 2. The predicted octanol–water partition coefficient (Wildman–Crippen LogP) is 5.16. The fourth-order valence-corrected chi connectivity index (χ4v) is 3.83. The van der Waals surface area contributed by atoms with E-state index in [-0.39, 0.29) is 16.1 Å². The van der Waals surface area contributed by atoms with Crippen molar-refractivity contribution >= 4 is 44.9 Å². The lowest BCUT2D eigenvalue weighted by molar-refractivity contribution is 0.0697. The van der Waals surface area contributed by atoms with Gasteiger partial charge in [0.05, 0.1) is 16.1 Å². The Kier molecular flexibility index (Phi) is 5.41. The lowest BCUT2D eigenvalue weighted by Gasteiger charge is -2.14. The first-order chi connectivity index (χ1) is 12.8. The number of carbonyl (C=O) groups is 1. The van der Waals surface area contributed by atoms with Crippen LogP contribution in [0.5, 0.6) is 0 Å². The molecule has 138 valence electrons. The van der Waals surface area contributed by atoms with Crippen molar-refractivity contribution in [2.45, 2.75) is 4.90 Å². The van der Waals surface area contributed by atoms with E-state index in [1.54, 1.807) is 24.3 Å². The van der Waals surface area contributed by atoms with E-state index in [1.807, 2.05) is 0 Å². The molecule has 0 bridgehead atoms. The van der Waals surface area contributed by atoms with Crippen molar-refractivity contribution in [1.82, 2.24) is 0 Å². The zero-order chi connectivity index (χ0) is 19.6. The minimum absolute atomic E-state index is 0.0547. The molecule has 27 heavy (non-hydrogen) atoms. The minimum atomic E-state index is -3.86. The van der Waals surface area contributed by atoms with Gasteiger partial charge in [0.25, 0.3) is 10.0 Å². The van der Waals surface area contributed by atoms with Gasteiger partial charge in [-0.15, -0.1) is 0 Å². The first kappa shape index (κ1) is 19.2. The summed E-state index contributed by atoms with van der Waals surface area (Å²) in [6.07, 6.45) is 0. The molecule has 0 aliphatic heterocycles. The Bertz CT molecular complexity index is 1100. The summed E-state index contributed by atoms with van der Waals surface area (Å²) in [6.45, 7) is 0. The molecule has 0 heterocycles. The molecule has 0 spiro atoms. The SMILES string of the molecule is O=C(O)c1ccc(-c2ccc(Cl)cc2NS(=O)(=O)c2ccc(Cl)cc2)cc1. The van der Waals surface area contributed by atoms with Crippen molar-refractivity contribution in [3.63, 3.8) is 0 Å². The van der Waals surface area contributed by atoms with Crippen LogP contribution >= 0.6 is 23.2 Å². The molecule has 0 amide bonds. The summed E-state index contributed by atoms with van der Waals surface area (Å²) in [5.41, 5.74) is 1.62. The average molecular weight is 422 g/mol. The van der Waals surface area contributed by atoms with E-state index in [0.717, 1.165) is 0 Å². The average Bonchev–Trinajstić information content (AvgIpc) is 2.62. The van der Waals surface area contributed by atoms with Crippen LogP contribution in [-0.4, -0.2) is 19.5 Å². The van der Waals surface area contributed by atoms with Gasteiger partial charge in [-0.05, 0) is 54.1 Å². The highest BCUT2D eigenvalue weighted by atomic mass is 35.5. The van der Waals surface area contributed by atoms with Gasteiger partial charge in [0.15, 0.2) is 0 Å². The largest absolute Gasteiger partial charge is 0.478 e. The zero-order valence-electron chi connectivity index (χ0n) is 13.7. The standard InChI is InChI=1S/C19H13Cl2NO4S/c20-14-5-8-16(9-6-14)27(25,26)22-18-11-15(21)7-10-17(18)12-1-3-13(4-2-12)19(23)24/h1-11,22H,(H,23,24). The summed E-state index contributed by atoms with van der Waals surface area (Å²) in [5, 5.41) is 9.80. The smallest absolute Gasteiger partial charge is 0.335 e. The number of aromatic carboxylic acids is 1. The van der Waals surface area contributed by atoms with Crippen molar-refractivity contribution in [3.8, 4) is 11.1 Å². The Morgan fingerprint density at radius 1 is 0.852 bits per heavy atom. The highest BCUT2D eigenvalue weighted by Gasteiger charge is 2.17. The maximum absolute atomic E-state index is 12.7. The minimum Gasteiger partial charge on any atom is -0.478 e. The summed E-state index contributed by atoms with van der Waals surface area (Å²) in [4.78, 5) is 11.1. The first-order valence-corrected chi connectivity index (χ1v) is 9.92. The topological polar surface area (TPSA) is 83.5 Å². The lowest BCUT2D eigenvalue weighted by Crippen LogP contribution is -2.13. The van der Waals surface area contributed by atoms with Gasteiger partial charge < -0.3 is 5.11 Å². The van der Waals surface area contributed by atoms with Gasteiger partial charge >= 0.3 is 5.97 Å². The van der Waals surface area contributed by atoms with Crippen LogP contribution < -0.4 is 4.72 Å². The van der Waals surface area contributed by atoms with Crippen LogP contribution in [0.1, 0.15) is 10.4 Å². The second-order valence-electron chi connectivity index (χ2n) is 5.63. The molecule has 3 aromatic carbocycles. The van der Waals surface area contributed by atoms with Crippen LogP contribution in [0.25, 0.3) is 11.1 Å². The molecule has 0 radical (unpaired) electrons. The van der Waals surface area contributed by atoms with Crippen molar-refractivity contribution in [1.29, 1.82) is 0 Å². The number of hydrogen-bond acceptors (Lipinski definition) is 3. The molecule has 3 aromatic rings. The molecule has 0 saturated heterocycles. The highest BCUT2D eigenvalue weighted by molar-refractivity contribution is 7.92. The van der Waals surface area contributed by atoms with Crippen molar-refractivity contribution < 1.29 is 18.3 Å². The van der Waals surface area contributed by atoms with Gasteiger partial charge in [-0.3, -0.25) is 4.72 Å². The van der Waals surface area contributed by atoms with Gasteiger partial charge in [0.1, 0.15) is 0 Å². The van der Waals surface area contributed by atoms with E-state index >= 15 is 0 Å². The number of rotatable bonds is 5. The molecule has 0 saturated carbocycles. The number of hydrogen-bond donors (Lipinski definition) is 2. The maximum atomic E-state index is 12.7. The van der Waals surface area contributed by atoms with Gasteiger partial charge in [-0.25, -0.2) is 13.2 Å². The molecule has 3 rings (SSSR count). The number of nitrogens with one attached hydrogen (secondary N) is 1. The molecule has 5 nitrogen and oxygen atoms in total. The highest BCUT2D eigenvalue weighted by Crippen LogP contribution is 2.32. The van der Waals surface area contributed by atoms with Crippen LogP contribution in [0.4, 0.5) is 5.69 Å². The first-order valence-electron chi connectivity index (χ1n) is 7.68. The fraction of sp³-hybridized carbons (Fsp3) is 0. The van der Waals surface area contributed by atoms with Gasteiger partial charge in [-0.1, -0.05) is 41.4 Å². The molecular weight excluding hydrogens is 409 g/mol. The van der Waals surface area contributed by atoms with Gasteiger partial charge in [-0.2, -0.15) is 0 Å². The summed E-state index contributed by atoms with van der Waals surface area (Å²) in [6, 6.07) is 16.7. The number of benzene rings is 3. The van der Waals surface area contributed by atoms with Crippen LogP contribution in [0.2, 0.25) is 10.0 Å². The second kappa shape index (κ2) is 7.60. The molecule has 0 aliphatic rings. The van der Waals surface area contributed by atoms with Crippen LogP contribution in [-0.2, 0) is 10.0 Å². The second-order valence-corrected chi connectivity index (χ2v) is 8.19. The number of sulfonamides is 1. The summed E-state index contributed by atoms with van der Waals surface area (Å²) >= 11 is 11.8. The predicted molar refractivity (Wildman–Crippen MR) is 106 cm³/mol. The molecule has 2 N–H and O–H groups in total. The Balaban J connectivity index is 2.01. The van der Waals surface area contributed by atoms with Crippen molar-refractivity contribution in [3.05, 3.63) is 82.3 Å². The van der Waals surface area contributed by atoms with Gasteiger partial charge in [0.2, 0.25) is 0 Å². The molecule has 0 atom stereocenters. The van der Waals surface area contributed by atoms with Crippen LogP contribution in [0.3, 0.4) is 0 Å². The Morgan fingerprint density at radius 2 is 1.44 bits per heavy atom. The lowest BCUT2D eigenvalue weighted by atomic mass is 10.0. The number of anilines is 1. The fourth-order valence-electron chi connectivity index (χ4n) is 2.46. The number of carboxylic acid groups (broad SMARTS) is 1. The van der Waals surface area contributed by atoms with Crippen LogP contribution in [0, 0.1) is 0 Å². The van der Waals surface area contributed by atoms with Crippen molar-refractivity contribution in [2.75, 3.05) is 4.72 Å². The van der Waals surface area contributed by atoms with E-state index < -0.39 is 16.0 Å². The molecule has 0 fully saturated rings. The molecule has 8 heteroatoms. The quantitative estimate of drug-likeness (QED) is 0.595. The molecular formula is C19H13Cl2NO4S. The van der Waals surface area contributed by atoms with E-state index in [2.05, 4.69) is 4.72 Å². The molecule has 0 unspecified atom stereocenters. The molecule has 0 aromatic heterocycles. The summed E-state index contributed by atoms with van der Waals surface area (Å²) in [5.74, 6) is -1.04. The zero-order valence-corrected chi connectivity index (χ0v) is 16.0. The third-order valence-corrected chi connectivity index (χ3v) is 5.66. The maximum Gasteiger partial charge on any atom is 0.335 e. The van der Waals surface area contributed by atoms with Crippen LogP contribution in [0.15, 0.2) is 71.6 Å². The Labute approximate surface area is 166 Å². The van der Waals surface area contributed by atoms with Gasteiger partial charge in [0, 0.05) is 15.6 Å². The Morgan fingerprint density at radius 3 is 2.04 bits per heavy atom. The summed E-state index contributed by atoms with van der Waals surface area (Å²) in [7, 11) is -3.86. The van der Waals surface area contributed by atoms with E-state index in [9.17, 15) is 13.2 Å². The summed E-state index contributed by atoms with van der Waals surface area (Å²) < 4.78 is 27.9. The third kappa shape index (κ3) is 4.42. The van der Waals surface area contributed by atoms with E-state index in [4.69, 9.17) is 28.3 Å². The monoisotopic (exact) mass is 421 g/mol. The molecule has 0 aliphatic carbocycles. The van der Waals surface area contributed by atoms with Crippen molar-refractivity contribution in [2.24, 2.45) is 0 Å². The Hall–Kier alpha value is -2.54. The number of carboxylic acids is 1. The van der Waals surface area contributed by atoms with E-state index in [1.165, 1.54) is 42.5 Å². The van der Waals surface area contributed by atoms with E-state index in [0.29, 0.717) is 21.2 Å². The third-order valence-electron chi connectivity index (χ3n) is 3.79. The normalized spacial score (nSPS) is 11.2.